The van der Waals surface area contributed by atoms with Gasteiger partial charge < -0.3 is 0 Å². The van der Waals surface area contributed by atoms with Crippen molar-refractivity contribution in [3.63, 3.8) is 0 Å². The van der Waals surface area contributed by atoms with Crippen molar-refractivity contribution in [2.75, 3.05) is 18.3 Å². The van der Waals surface area contributed by atoms with Gasteiger partial charge in [0.15, 0.2) is 0 Å². The van der Waals surface area contributed by atoms with Gasteiger partial charge in [-0.05, 0) is 23.7 Å². The Balaban J connectivity index is 3.51. The molecule has 0 bridgehead atoms. The fourth-order valence-electron chi connectivity index (χ4n) is 3.69. The molecule has 0 heterocycles. The molecule has 3 heteroatoms. The molecule has 0 saturated carbocycles. The first kappa shape index (κ1) is 27.1. The Bertz CT molecular complexity index is 452. The standard InChI is InChI=1S/C25H45N2S/c1-4-5-6-7-8-9-10-11-12-13-14-15-16-17-18-19-20-24(23-28(2)3)25(21-26)22-27/h4-20,23H2,1-3H3/q+1. The van der Waals surface area contributed by atoms with Crippen molar-refractivity contribution in [2.24, 2.45) is 0 Å². The van der Waals surface area contributed by atoms with Crippen LogP contribution in [-0.2, 0) is 10.9 Å². The highest BCUT2D eigenvalue weighted by molar-refractivity contribution is 7.95. The molecule has 0 rings (SSSR count). The molecule has 0 aliphatic carbocycles. The van der Waals surface area contributed by atoms with Crippen LogP contribution in [0.1, 0.15) is 116 Å². The lowest BCUT2D eigenvalue weighted by atomic mass is 10.0. The maximum absolute atomic E-state index is 9.12. The molecule has 0 aliphatic heterocycles. The van der Waals surface area contributed by atoms with Crippen molar-refractivity contribution in [2.45, 2.75) is 116 Å². The van der Waals surface area contributed by atoms with Gasteiger partial charge in [0.25, 0.3) is 0 Å². The molecule has 0 aromatic rings. The largest absolute Gasteiger partial charge is 0.192 e. The number of hydrogen-bond acceptors (Lipinski definition) is 2. The topological polar surface area (TPSA) is 47.6 Å². The number of unbranched alkanes of at least 4 members (excludes halogenated alkanes) is 15. The lowest BCUT2D eigenvalue weighted by Gasteiger charge is -2.06. The highest BCUT2D eigenvalue weighted by Crippen LogP contribution is 2.18. The third kappa shape index (κ3) is 17.2. The Morgan fingerprint density at radius 3 is 1.29 bits per heavy atom. The van der Waals surface area contributed by atoms with E-state index in [2.05, 4.69) is 31.6 Å². The molecule has 0 aliphatic rings. The van der Waals surface area contributed by atoms with Crippen LogP contribution in [0.3, 0.4) is 0 Å². The van der Waals surface area contributed by atoms with E-state index in [9.17, 15) is 0 Å². The number of nitriles is 2. The van der Waals surface area contributed by atoms with E-state index in [-0.39, 0.29) is 10.9 Å². The summed E-state index contributed by atoms with van der Waals surface area (Å²) in [4.78, 5) is 0. The number of rotatable bonds is 19. The summed E-state index contributed by atoms with van der Waals surface area (Å²) in [5.41, 5.74) is 1.45. The molecule has 0 N–H and O–H groups in total. The van der Waals surface area contributed by atoms with Gasteiger partial charge in [0, 0.05) is 5.57 Å². The molecular formula is C25H45N2S+. The molecule has 2 nitrogen and oxygen atoms in total. The van der Waals surface area contributed by atoms with Crippen molar-refractivity contribution < 1.29 is 0 Å². The molecule has 0 aromatic carbocycles. The summed E-state index contributed by atoms with van der Waals surface area (Å²) < 4.78 is 0. The summed E-state index contributed by atoms with van der Waals surface area (Å²) in [6.45, 7) is 2.28. The first-order valence-electron chi connectivity index (χ1n) is 11.7. The Morgan fingerprint density at radius 2 is 0.964 bits per heavy atom. The van der Waals surface area contributed by atoms with Crippen LogP contribution in [0.5, 0.6) is 0 Å². The predicted molar refractivity (Wildman–Crippen MR) is 126 cm³/mol. The third-order valence-corrected chi connectivity index (χ3v) is 6.30. The maximum atomic E-state index is 9.12. The summed E-state index contributed by atoms with van der Waals surface area (Å²) in [6, 6.07) is 4.17. The highest BCUT2D eigenvalue weighted by Gasteiger charge is 2.13. The minimum absolute atomic E-state index is 0.252. The summed E-state index contributed by atoms with van der Waals surface area (Å²) in [6.07, 6.45) is 27.3. The average molecular weight is 406 g/mol. The van der Waals surface area contributed by atoms with Gasteiger partial charge >= 0.3 is 0 Å². The van der Waals surface area contributed by atoms with Gasteiger partial charge in [0.2, 0.25) is 0 Å². The first-order chi connectivity index (χ1) is 13.7. The zero-order chi connectivity index (χ0) is 20.9. The van der Waals surface area contributed by atoms with Gasteiger partial charge in [-0.2, -0.15) is 10.5 Å². The molecule has 0 radical (unpaired) electrons. The van der Waals surface area contributed by atoms with E-state index in [1.54, 1.807) is 0 Å². The Kier molecular flexibility index (Phi) is 20.1. The lowest BCUT2D eigenvalue weighted by Crippen LogP contribution is -2.07. The summed E-state index contributed by atoms with van der Waals surface area (Å²) >= 11 is 0. The van der Waals surface area contributed by atoms with E-state index in [0.717, 1.165) is 24.2 Å². The maximum Gasteiger partial charge on any atom is 0.133 e. The van der Waals surface area contributed by atoms with Crippen molar-refractivity contribution in [1.29, 1.82) is 10.5 Å². The van der Waals surface area contributed by atoms with Crippen LogP contribution in [0.2, 0.25) is 0 Å². The van der Waals surface area contributed by atoms with E-state index < -0.39 is 0 Å². The summed E-state index contributed by atoms with van der Waals surface area (Å²) in [5, 5.41) is 18.2. The van der Waals surface area contributed by atoms with Crippen LogP contribution in [0, 0.1) is 22.7 Å². The van der Waals surface area contributed by atoms with Gasteiger partial charge in [0.05, 0.1) is 12.5 Å². The van der Waals surface area contributed by atoms with E-state index in [4.69, 9.17) is 10.5 Å². The molecule has 0 saturated heterocycles. The molecule has 0 fully saturated rings. The number of nitrogens with zero attached hydrogens (tertiary/aromatic N) is 2. The van der Waals surface area contributed by atoms with Crippen molar-refractivity contribution in [1.82, 2.24) is 0 Å². The molecule has 28 heavy (non-hydrogen) atoms. The van der Waals surface area contributed by atoms with Gasteiger partial charge in [-0.15, -0.1) is 0 Å². The van der Waals surface area contributed by atoms with Crippen LogP contribution in [0.25, 0.3) is 0 Å². The predicted octanol–water partition coefficient (Wildman–Crippen LogP) is 7.86. The van der Waals surface area contributed by atoms with Gasteiger partial charge in [-0.3, -0.25) is 0 Å². The van der Waals surface area contributed by atoms with Crippen LogP contribution < -0.4 is 0 Å². The van der Waals surface area contributed by atoms with Crippen molar-refractivity contribution >= 4 is 10.9 Å². The Morgan fingerprint density at radius 1 is 0.607 bits per heavy atom. The zero-order valence-corrected chi connectivity index (χ0v) is 19.8. The molecular weight excluding hydrogens is 360 g/mol. The van der Waals surface area contributed by atoms with Crippen molar-refractivity contribution in [3.8, 4) is 12.1 Å². The minimum atomic E-state index is 0.252. The van der Waals surface area contributed by atoms with Crippen LogP contribution in [0.15, 0.2) is 11.1 Å². The molecule has 160 valence electrons. The monoisotopic (exact) mass is 405 g/mol. The second-order valence-corrected chi connectivity index (χ2v) is 10.6. The van der Waals surface area contributed by atoms with Gasteiger partial charge in [-0.25, -0.2) is 0 Å². The third-order valence-electron chi connectivity index (χ3n) is 5.37. The second kappa shape index (κ2) is 20.8. The second-order valence-electron chi connectivity index (χ2n) is 8.39. The highest BCUT2D eigenvalue weighted by atomic mass is 32.2. The molecule has 0 atom stereocenters. The lowest BCUT2D eigenvalue weighted by molar-refractivity contribution is 0.529. The van der Waals surface area contributed by atoms with Crippen molar-refractivity contribution in [3.05, 3.63) is 11.1 Å². The smallest absolute Gasteiger partial charge is 0.133 e. The normalized spacial score (nSPS) is 10.6. The quantitative estimate of drug-likeness (QED) is 0.125. The fourth-order valence-corrected chi connectivity index (χ4v) is 4.67. The number of hydrogen-bond donors (Lipinski definition) is 0. The minimum Gasteiger partial charge on any atom is -0.192 e. The fraction of sp³-hybridized carbons (Fsp3) is 0.840. The molecule has 0 spiro atoms. The number of allylic oxidation sites excluding steroid dienone is 1. The van der Waals surface area contributed by atoms with Crippen LogP contribution >= 0.6 is 0 Å². The van der Waals surface area contributed by atoms with Crippen LogP contribution in [0.4, 0.5) is 0 Å². The zero-order valence-electron chi connectivity index (χ0n) is 19.0. The Labute approximate surface area is 179 Å². The molecule has 0 amide bonds. The van der Waals surface area contributed by atoms with Gasteiger partial charge in [-0.1, -0.05) is 103 Å². The van der Waals surface area contributed by atoms with E-state index in [0.29, 0.717) is 5.57 Å². The summed E-state index contributed by atoms with van der Waals surface area (Å²) in [7, 11) is 0.252. The Hall–Kier alpha value is -0.930. The summed E-state index contributed by atoms with van der Waals surface area (Å²) in [5.74, 6) is 0.912. The van der Waals surface area contributed by atoms with Gasteiger partial charge in [0.1, 0.15) is 23.5 Å². The van der Waals surface area contributed by atoms with E-state index in [1.165, 1.54) is 96.3 Å². The SMILES string of the molecule is CCCCCCCCCCCCCCCCCCC(C[S+](C)C)=C(C#N)C#N. The van der Waals surface area contributed by atoms with E-state index >= 15 is 0 Å². The average Bonchev–Trinajstić information content (AvgIpc) is 2.68. The van der Waals surface area contributed by atoms with Crippen LogP contribution in [-0.4, -0.2) is 18.3 Å². The van der Waals surface area contributed by atoms with E-state index in [1.807, 2.05) is 0 Å². The molecule has 0 aromatic heterocycles. The molecule has 0 unspecified atom stereocenters. The first-order valence-corrected chi connectivity index (χ1v) is 13.9.